The molecule has 3 aromatic rings. The molecule has 1 saturated heterocycles. The third-order valence-electron chi connectivity index (χ3n) is 4.53. The molecule has 4 rings (SSSR count). The van der Waals surface area contributed by atoms with Crippen molar-refractivity contribution in [3.05, 3.63) is 30.0 Å². The molecule has 4 heterocycles. The van der Waals surface area contributed by atoms with Gasteiger partial charge in [0.2, 0.25) is 5.89 Å². The van der Waals surface area contributed by atoms with Crippen molar-refractivity contribution < 1.29 is 4.42 Å². The van der Waals surface area contributed by atoms with Gasteiger partial charge >= 0.3 is 0 Å². The molecule has 0 amide bonds. The number of aryl methyl sites for hydroxylation is 1. The Kier molecular flexibility index (Phi) is 5.53. The fraction of sp³-hybridized carbons (Fsp3) is 0.389. The number of rotatable bonds is 6. The molecular formula is C18H20N10O. The van der Waals surface area contributed by atoms with E-state index in [1.807, 2.05) is 12.1 Å². The summed E-state index contributed by atoms with van der Waals surface area (Å²) in [6, 6.07) is 3.75. The first kappa shape index (κ1) is 18.7. The second kappa shape index (κ2) is 8.57. The van der Waals surface area contributed by atoms with E-state index in [1.165, 1.54) is 25.2 Å². The van der Waals surface area contributed by atoms with E-state index in [9.17, 15) is 0 Å². The molecule has 148 valence electrons. The van der Waals surface area contributed by atoms with Gasteiger partial charge in [-0.1, -0.05) is 0 Å². The molecular weight excluding hydrogens is 372 g/mol. The van der Waals surface area contributed by atoms with Crippen LogP contribution in [0.25, 0.3) is 11.6 Å². The number of anilines is 3. The minimum absolute atomic E-state index is 0.243. The molecule has 0 spiro atoms. The standard InChI is InChI=1S/C18H20N10O/c1-11-25-28-18(29-11)17-14(22-8-12-3-2-4-20-7-12)5-15(26-27-17)24-16-10-21-13(6-19)9-23-16/h5,9-10,12,20H,2-4,7-8H2,1H3,(H2,22,23,24,26). The van der Waals surface area contributed by atoms with Crippen molar-refractivity contribution in [1.82, 2.24) is 35.7 Å². The van der Waals surface area contributed by atoms with Gasteiger partial charge in [-0.05, 0) is 31.8 Å². The van der Waals surface area contributed by atoms with Gasteiger partial charge in [0.1, 0.15) is 11.9 Å². The fourth-order valence-corrected chi connectivity index (χ4v) is 3.07. The lowest BCUT2D eigenvalue weighted by atomic mass is 10.00. The average molecular weight is 392 g/mol. The normalized spacial score (nSPS) is 16.2. The maximum atomic E-state index is 8.83. The molecule has 0 saturated carbocycles. The molecule has 11 heteroatoms. The third-order valence-corrected chi connectivity index (χ3v) is 4.53. The number of nitriles is 1. The minimum Gasteiger partial charge on any atom is -0.419 e. The first-order valence-corrected chi connectivity index (χ1v) is 9.33. The highest BCUT2D eigenvalue weighted by Gasteiger charge is 2.18. The van der Waals surface area contributed by atoms with Gasteiger partial charge in [-0.2, -0.15) is 5.26 Å². The maximum Gasteiger partial charge on any atom is 0.270 e. The molecule has 1 aliphatic rings. The summed E-state index contributed by atoms with van der Waals surface area (Å²) in [7, 11) is 0. The zero-order valence-electron chi connectivity index (χ0n) is 15.9. The van der Waals surface area contributed by atoms with Crippen LogP contribution in [0.1, 0.15) is 24.4 Å². The second-order valence-corrected chi connectivity index (χ2v) is 6.74. The van der Waals surface area contributed by atoms with Gasteiger partial charge in [0, 0.05) is 19.5 Å². The number of piperidine rings is 1. The van der Waals surface area contributed by atoms with Crippen molar-refractivity contribution in [3.63, 3.8) is 0 Å². The van der Waals surface area contributed by atoms with Crippen molar-refractivity contribution in [2.24, 2.45) is 5.92 Å². The van der Waals surface area contributed by atoms with Crippen molar-refractivity contribution >= 4 is 17.3 Å². The number of nitrogens with one attached hydrogen (secondary N) is 3. The molecule has 0 aliphatic carbocycles. The van der Waals surface area contributed by atoms with Crippen molar-refractivity contribution in [2.75, 3.05) is 30.3 Å². The van der Waals surface area contributed by atoms with Crippen LogP contribution in [-0.4, -0.2) is 50.0 Å². The quantitative estimate of drug-likeness (QED) is 0.561. The maximum absolute atomic E-state index is 8.83. The van der Waals surface area contributed by atoms with Gasteiger partial charge < -0.3 is 20.4 Å². The zero-order chi connectivity index (χ0) is 20.1. The molecule has 0 radical (unpaired) electrons. The van der Waals surface area contributed by atoms with Crippen LogP contribution in [0.5, 0.6) is 0 Å². The monoisotopic (exact) mass is 392 g/mol. The van der Waals surface area contributed by atoms with Gasteiger partial charge in [-0.15, -0.1) is 20.4 Å². The van der Waals surface area contributed by atoms with E-state index in [1.54, 1.807) is 6.92 Å². The molecule has 0 aromatic carbocycles. The smallest absolute Gasteiger partial charge is 0.270 e. The highest BCUT2D eigenvalue weighted by atomic mass is 16.4. The Morgan fingerprint density at radius 2 is 2.14 bits per heavy atom. The van der Waals surface area contributed by atoms with E-state index in [0.29, 0.717) is 35.0 Å². The Hall–Kier alpha value is -3.65. The molecule has 29 heavy (non-hydrogen) atoms. The topological polar surface area (TPSA) is 150 Å². The Morgan fingerprint density at radius 1 is 1.21 bits per heavy atom. The highest BCUT2D eigenvalue weighted by molar-refractivity contribution is 5.71. The largest absolute Gasteiger partial charge is 0.419 e. The predicted molar refractivity (Wildman–Crippen MR) is 104 cm³/mol. The van der Waals surface area contributed by atoms with Gasteiger partial charge in [0.25, 0.3) is 5.89 Å². The van der Waals surface area contributed by atoms with Crippen LogP contribution in [0.4, 0.5) is 17.3 Å². The van der Waals surface area contributed by atoms with E-state index in [-0.39, 0.29) is 5.69 Å². The van der Waals surface area contributed by atoms with E-state index >= 15 is 0 Å². The number of hydrogen-bond donors (Lipinski definition) is 3. The van der Waals surface area contributed by atoms with E-state index in [0.717, 1.165) is 25.3 Å². The number of hydrogen-bond acceptors (Lipinski definition) is 11. The van der Waals surface area contributed by atoms with Crippen molar-refractivity contribution in [3.8, 4) is 17.7 Å². The molecule has 1 atom stereocenters. The van der Waals surface area contributed by atoms with Gasteiger partial charge in [0.05, 0.1) is 18.1 Å². The highest BCUT2D eigenvalue weighted by Crippen LogP contribution is 2.27. The van der Waals surface area contributed by atoms with E-state index in [4.69, 9.17) is 9.68 Å². The Balaban J connectivity index is 1.57. The number of aromatic nitrogens is 6. The molecule has 3 N–H and O–H groups in total. The average Bonchev–Trinajstić information content (AvgIpc) is 3.20. The minimum atomic E-state index is 0.243. The molecule has 1 aliphatic heterocycles. The van der Waals surface area contributed by atoms with Crippen LogP contribution in [0, 0.1) is 24.2 Å². The second-order valence-electron chi connectivity index (χ2n) is 6.74. The summed E-state index contributed by atoms with van der Waals surface area (Å²) in [4.78, 5) is 8.14. The summed E-state index contributed by atoms with van der Waals surface area (Å²) < 4.78 is 5.54. The van der Waals surface area contributed by atoms with E-state index in [2.05, 4.69) is 46.3 Å². The summed E-state index contributed by atoms with van der Waals surface area (Å²) in [5, 5.41) is 35.1. The zero-order valence-corrected chi connectivity index (χ0v) is 15.9. The van der Waals surface area contributed by atoms with Gasteiger partial charge in [-0.25, -0.2) is 9.97 Å². The van der Waals surface area contributed by atoms with Crippen LogP contribution in [0.2, 0.25) is 0 Å². The molecule has 0 bridgehead atoms. The first-order valence-electron chi connectivity index (χ1n) is 9.33. The summed E-state index contributed by atoms with van der Waals surface area (Å²) in [5.74, 6) is 2.23. The van der Waals surface area contributed by atoms with Crippen LogP contribution >= 0.6 is 0 Å². The van der Waals surface area contributed by atoms with Crippen LogP contribution in [0.15, 0.2) is 22.9 Å². The molecule has 11 nitrogen and oxygen atoms in total. The first-order chi connectivity index (χ1) is 14.2. The fourth-order valence-electron chi connectivity index (χ4n) is 3.07. The lowest BCUT2D eigenvalue weighted by molar-refractivity contribution is 0.393. The summed E-state index contributed by atoms with van der Waals surface area (Å²) >= 11 is 0. The lowest BCUT2D eigenvalue weighted by Gasteiger charge is -2.23. The van der Waals surface area contributed by atoms with Crippen LogP contribution < -0.4 is 16.0 Å². The predicted octanol–water partition coefficient (Wildman–Crippen LogP) is 1.65. The number of nitrogens with zero attached hydrogens (tertiary/aromatic N) is 7. The van der Waals surface area contributed by atoms with Crippen LogP contribution in [-0.2, 0) is 0 Å². The lowest BCUT2D eigenvalue weighted by Crippen LogP contribution is -2.33. The molecule has 3 aromatic heterocycles. The van der Waals surface area contributed by atoms with Gasteiger partial charge in [0.15, 0.2) is 17.2 Å². The Morgan fingerprint density at radius 3 is 2.83 bits per heavy atom. The molecule has 1 fully saturated rings. The van der Waals surface area contributed by atoms with Crippen molar-refractivity contribution in [1.29, 1.82) is 5.26 Å². The van der Waals surface area contributed by atoms with Crippen molar-refractivity contribution in [2.45, 2.75) is 19.8 Å². The summed E-state index contributed by atoms with van der Waals surface area (Å²) in [6.07, 6.45) is 5.19. The third kappa shape index (κ3) is 4.61. The molecule has 1 unspecified atom stereocenters. The summed E-state index contributed by atoms with van der Waals surface area (Å²) in [5.41, 5.74) is 1.47. The SMILES string of the molecule is Cc1nnc(-c2nnc(Nc3cnc(C#N)cn3)cc2NCC2CCCNC2)o1. The van der Waals surface area contributed by atoms with E-state index < -0.39 is 0 Å². The van der Waals surface area contributed by atoms with Gasteiger partial charge in [-0.3, -0.25) is 0 Å². The Bertz CT molecular complexity index is 1000. The van der Waals surface area contributed by atoms with Crippen LogP contribution in [0.3, 0.4) is 0 Å². The Labute approximate surface area is 167 Å². The summed E-state index contributed by atoms with van der Waals surface area (Å²) in [6.45, 7) is 4.56.